The van der Waals surface area contributed by atoms with E-state index in [1.165, 1.54) is 5.56 Å². The molecule has 5 heteroatoms. The third kappa shape index (κ3) is 6.42. The number of esters is 1. The molecule has 5 nitrogen and oxygen atoms in total. The standard InChI is InChI=1S/C20H31NO4/c1-16-15-17(5-6-18(16)20(2,3)4)19(22)25-14-13-24-12-9-21-7-10-23-11-8-21/h5-6,15H,7-14H2,1-4H3. The molecule has 1 aliphatic heterocycles. The molecule has 25 heavy (non-hydrogen) atoms. The van der Waals surface area contributed by atoms with E-state index in [2.05, 4.69) is 25.7 Å². The Hall–Kier alpha value is -1.43. The Labute approximate surface area is 151 Å². The number of aryl methyl sites for hydroxylation is 1. The molecule has 140 valence electrons. The summed E-state index contributed by atoms with van der Waals surface area (Å²) in [6.45, 7) is 14.3. The number of benzene rings is 1. The second-order valence-corrected chi connectivity index (χ2v) is 7.48. The maximum Gasteiger partial charge on any atom is 0.338 e. The first-order chi connectivity index (χ1) is 11.9. The van der Waals surface area contributed by atoms with Gasteiger partial charge in [0.1, 0.15) is 6.61 Å². The van der Waals surface area contributed by atoms with Crippen molar-refractivity contribution in [1.82, 2.24) is 4.90 Å². The molecule has 2 rings (SSSR count). The van der Waals surface area contributed by atoms with Gasteiger partial charge in [0.05, 0.1) is 32.0 Å². The lowest BCUT2D eigenvalue weighted by atomic mass is 9.83. The van der Waals surface area contributed by atoms with E-state index < -0.39 is 0 Å². The Balaban J connectivity index is 1.67. The van der Waals surface area contributed by atoms with Gasteiger partial charge in [-0.1, -0.05) is 26.8 Å². The van der Waals surface area contributed by atoms with Crippen LogP contribution in [-0.4, -0.2) is 63.5 Å². The van der Waals surface area contributed by atoms with Crippen LogP contribution in [-0.2, 0) is 19.6 Å². The Morgan fingerprint density at radius 3 is 2.52 bits per heavy atom. The van der Waals surface area contributed by atoms with Gasteiger partial charge in [0.2, 0.25) is 0 Å². The van der Waals surface area contributed by atoms with E-state index in [0.717, 1.165) is 38.4 Å². The molecule has 0 saturated carbocycles. The third-order valence-corrected chi connectivity index (χ3v) is 4.39. The minimum atomic E-state index is -0.291. The maximum absolute atomic E-state index is 12.1. The topological polar surface area (TPSA) is 48.0 Å². The van der Waals surface area contributed by atoms with Gasteiger partial charge in [0.25, 0.3) is 0 Å². The summed E-state index contributed by atoms with van der Waals surface area (Å²) in [5.74, 6) is -0.291. The van der Waals surface area contributed by atoms with Crippen LogP contribution in [0.25, 0.3) is 0 Å². The zero-order valence-corrected chi connectivity index (χ0v) is 16.0. The zero-order chi connectivity index (χ0) is 18.3. The highest BCUT2D eigenvalue weighted by molar-refractivity contribution is 5.89. The lowest BCUT2D eigenvalue weighted by Crippen LogP contribution is -2.38. The number of hydrogen-bond donors (Lipinski definition) is 0. The number of morpholine rings is 1. The monoisotopic (exact) mass is 349 g/mol. The van der Waals surface area contributed by atoms with Gasteiger partial charge in [-0.25, -0.2) is 4.79 Å². The van der Waals surface area contributed by atoms with Crippen molar-refractivity contribution in [2.24, 2.45) is 0 Å². The molecular formula is C20H31NO4. The van der Waals surface area contributed by atoms with Crippen LogP contribution in [0.15, 0.2) is 18.2 Å². The van der Waals surface area contributed by atoms with E-state index in [-0.39, 0.29) is 18.0 Å². The molecule has 1 aromatic rings. The largest absolute Gasteiger partial charge is 0.460 e. The third-order valence-electron chi connectivity index (χ3n) is 4.39. The van der Waals surface area contributed by atoms with Crippen LogP contribution in [0.2, 0.25) is 0 Å². The van der Waals surface area contributed by atoms with Gasteiger partial charge in [-0.2, -0.15) is 0 Å². The summed E-state index contributed by atoms with van der Waals surface area (Å²) >= 11 is 0. The molecule has 1 aliphatic rings. The molecule has 0 unspecified atom stereocenters. The molecule has 0 bridgehead atoms. The maximum atomic E-state index is 12.1. The van der Waals surface area contributed by atoms with Gasteiger partial charge in [0.15, 0.2) is 0 Å². The zero-order valence-electron chi connectivity index (χ0n) is 16.0. The van der Waals surface area contributed by atoms with Gasteiger partial charge in [-0.3, -0.25) is 4.90 Å². The second kappa shape index (κ2) is 9.32. The van der Waals surface area contributed by atoms with E-state index >= 15 is 0 Å². The quantitative estimate of drug-likeness (QED) is 0.560. The molecule has 1 saturated heterocycles. The highest BCUT2D eigenvalue weighted by Gasteiger charge is 2.18. The molecule has 1 fully saturated rings. The molecule has 0 atom stereocenters. The smallest absolute Gasteiger partial charge is 0.338 e. The summed E-state index contributed by atoms with van der Waals surface area (Å²) in [6, 6.07) is 5.77. The van der Waals surface area contributed by atoms with Crippen molar-refractivity contribution in [1.29, 1.82) is 0 Å². The highest BCUT2D eigenvalue weighted by Crippen LogP contribution is 2.26. The molecule has 1 aromatic carbocycles. The lowest BCUT2D eigenvalue weighted by Gasteiger charge is -2.26. The number of carbonyl (C=O) groups excluding carboxylic acids is 1. The first kappa shape index (κ1) is 19.9. The SMILES string of the molecule is Cc1cc(C(=O)OCCOCCN2CCOCC2)ccc1C(C)(C)C. The predicted octanol–water partition coefficient (Wildman–Crippen LogP) is 2.80. The van der Waals surface area contributed by atoms with Crippen LogP contribution in [0.1, 0.15) is 42.3 Å². The molecule has 0 aliphatic carbocycles. The van der Waals surface area contributed by atoms with Crippen molar-refractivity contribution < 1.29 is 19.0 Å². The molecule has 1 heterocycles. The van der Waals surface area contributed by atoms with Gasteiger partial charge in [-0.15, -0.1) is 0 Å². The minimum Gasteiger partial charge on any atom is -0.460 e. The number of carbonyl (C=O) groups is 1. The predicted molar refractivity (Wildman–Crippen MR) is 98.2 cm³/mol. The highest BCUT2D eigenvalue weighted by atomic mass is 16.6. The number of ether oxygens (including phenoxy) is 3. The summed E-state index contributed by atoms with van der Waals surface area (Å²) < 4.78 is 16.2. The van der Waals surface area contributed by atoms with E-state index in [1.54, 1.807) is 0 Å². The van der Waals surface area contributed by atoms with E-state index in [1.807, 2.05) is 25.1 Å². The van der Waals surface area contributed by atoms with Crippen molar-refractivity contribution in [2.45, 2.75) is 33.1 Å². The van der Waals surface area contributed by atoms with Gasteiger partial charge in [-0.05, 0) is 35.6 Å². The van der Waals surface area contributed by atoms with Gasteiger partial charge < -0.3 is 14.2 Å². The average molecular weight is 349 g/mol. The van der Waals surface area contributed by atoms with Crippen LogP contribution in [0, 0.1) is 6.92 Å². The van der Waals surface area contributed by atoms with Gasteiger partial charge in [0, 0.05) is 19.6 Å². The normalized spacial score (nSPS) is 16.0. The van der Waals surface area contributed by atoms with E-state index in [0.29, 0.717) is 18.8 Å². The van der Waals surface area contributed by atoms with Crippen LogP contribution in [0.5, 0.6) is 0 Å². The van der Waals surface area contributed by atoms with Crippen molar-refractivity contribution in [3.05, 3.63) is 34.9 Å². The fourth-order valence-electron chi connectivity index (χ4n) is 3.03. The van der Waals surface area contributed by atoms with Crippen molar-refractivity contribution in [2.75, 3.05) is 52.7 Å². The number of rotatable bonds is 7. The summed E-state index contributed by atoms with van der Waals surface area (Å²) in [5.41, 5.74) is 3.03. The van der Waals surface area contributed by atoms with Crippen LogP contribution < -0.4 is 0 Å². The lowest BCUT2D eigenvalue weighted by molar-refractivity contribution is 0.00883. The van der Waals surface area contributed by atoms with Crippen molar-refractivity contribution >= 4 is 5.97 Å². The Bertz CT molecular complexity index is 559. The number of nitrogens with zero attached hydrogens (tertiary/aromatic N) is 1. The van der Waals surface area contributed by atoms with Crippen LogP contribution in [0.3, 0.4) is 0 Å². The fourth-order valence-corrected chi connectivity index (χ4v) is 3.03. The first-order valence-electron chi connectivity index (χ1n) is 9.04. The minimum absolute atomic E-state index is 0.0703. The van der Waals surface area contributed by atoms with Crippen molar-refractivity contribution in [3.8, 4) is 0 Å². The second-order valence-electron chi connectivity index (χ2n) is 7.48. The molecule has 0 amide bonds. The summed E-state index contributed by atoms with van der Waals surface area (Å²) in [5, 5.41) is 0. The molecule has 0 N–H and O–H groups in total. The summed E-state index contributed by atoms with van der Waals surface area (Å²) in [6.07, 6.45) is 0. The Morgan fingerprint density at radius 1 is 1.16 bits per heavy atom. The van der Waals surface area contributed by atoms with Gasteiger partial charge >= 0.3 is 5.97 Å². The molecule has 0 spiro atoms. The fraction of sp³-hybridized carbons (Fsp3) is 0.650. The Kier molecular flexibility index (Phi) is 7.41. The van der Waals surface area contributed by atoms with Crippen LogP contribution in [0.4, 0.5) is 0 Å². The van der Waals surface area contributed by atoms with Crippen molar-refractivity contribution in [3.63, 3.8) is 0 Å². The summed E-state index contributed by atoms with van der Waals surface area (Å²) in [7, 11) is 0. The van der Waals surface area contributed by atoms with E-state index in [9.17, 15) is 4.79 Å². The first-order valence-corrected chi connectivity index (χ1v) is 9.04. The Morgan fingerprint density at radius 2 is 1.88 bits per heavy atom. The molecule has 0 radical (unpaired) electrons. The molecular weight excluding hydrogens is 318 g/mol. The molecule has 0 aromatic heterocycles. The van der Waals surface area contributed by atoms with Crippen LogP contribution >= 0.6 is 0 Å². The average Bonchev–Trinajstić information content (AvgIpc) is 2.57. The summed E-state index contributed by atoms with van der Waals surface area (Å²) in [4.78, 5) is 14.5. The number of hydrogen-bond acceptors (Lipinski definition) is 5. The van der Waals surface area contributed by atoms with E-state index in [4.69, 9.17) is 14.2 Å².